The molecule has 3 N–H and O–H groups in total. The van der Waals surface area contributed by atoms with Gasteiger partial charge in [0.2, 0.25) is 0 Å². The van der Waals surface area contributed by atoms with Gasteiger partial charge < -0.3 is 15.5 Å². The van der Waals surface area contributed by atoms with Crippen LogP contribution in [0.4, 0.5) is 11.5 Å². The van der Waals surface area contributed by atoms with Gasteiger partial charge in [-0.05, 0) is 30.3 Å². The number of aromatic hydroxyl groups is 1. The van der Waals surface area contributed by atoms with E-state index >= 15 is 0 Å². The second-order valence-corrected chi connectivity index (χ2v) is 4.83. The summed E-state index contributed by atoms with van der Waals surface area (Å²) in [5.41, 5.74) is 1.99. The Labute approximate surface area is 132 Å². The molecule has 0 amide bonds. The van der Waals surface area contributed by atoms with E-state index in [4.69, 9.17) is 5.11 Å². The molecule has 0 unspecified atom stereocenters. The third-order valence-electron chi connectivity index (χ3n) is 3.24. The van der Waals surface area contributed by atoms with Gasteiger partial charge in [0, 0.05) is 5.56 Å². The number of benzene rings is 2. The van der Waals surface area contributed by atoms with E-state index in [0.717, 1.165) is 11.3 Å². The number of carbonyl (C=O) groups is 1. The molecule has 1 heterocycles. The molecule has 114 valence electrons. The van der Waals surface area contributed by atoms with Crippen LogP contribution in [0.2, 0.25) is 0 Å². The highest BCUT2D eigenvalue weighted by Gasteiger charge is 2.09. The summed E-state index contributed by atoms with van der Waals surface area (Å²) in [4.78, 5) is 11.0. The molecule has 0 aliphatic heterocycles. The van der Waals surface area contributed by atoms with E-state index in [9.17, 15) is 9.90 Å². The van der Waals surface area contributed by atoms with Gasteiger partial charge in [-0.2, -0.15) is 0 Å². The summed E-state index contributed by atoms with van der Waals surface area (Å²) in [6.45, 7) is 0. The van der Waals surface area contributed by atoms with Gasteiger partial charge in [0.15, 0.2) is 5.82 Å². The number of anilines is 2. The van der Waals surface area contributed by atoms with E-state index in [0.29, 0.717) is 5.82 Å². The first-order chi connectivity index (χ1) is 11.1. The maximum absolute atomic E-state index is 11.0. The minimum absolute atomic E-state index is 0.0658. The topological polar surface area (TPSA) is 95.3 Å². The summed E-state index contributed by atoms with van der Waals surface area (Å²) in [5.74, 6) is -0.731. The molecule has 6 nitrogen and oxygen atoms in total. The maximum Gasteiger partial charge on any atom is 0.335 e. The number of nitrogens with zero attached hydrogens (tertiary/aromatic N) is 2. The SMILES string of the molecule is O=C(O)c1ccc(O)c(Nc2ccc(-c3ccccc3)nn2)c1. The highest BCUT2D eigenvalue weighted by atomic mass is 16.4. The molecule has 2 aromatic carbocycles. The number of nitrogens with one attached hydrogen (secondary N) is 1. The van der Waals surface area contributed by atoms with Crippen LogP contribution in [0.1, 0.15) is 10.4 Å². The number of phenols is 1. The Bertz CT molecular complexity index is 833. The van der Waals surface area contributed by atoms with Gasteiger partial charge in [0.1, 0.15) is 5.75 Å². The third-order valence-corrected chi connectivity index (χ3v) is 3.24. The smallest absolute Gasteiger partial charge is 0.335 e. The molecular weight excluding hydrogens is 294 g/mol. The van der Waals surface area contributed by atoms with Crippen LogP contribution in [0.5, 0.6) is 5.75 Å². The average molecular weight is 307 g/mol. The predicted octanol–water partition coefficient (Wildman–Crippen LogP) is 3.29. The van der Waals surface area contributed by atoms with Gasteiger partial charge in [-0.15, -0.1) is 10.2 Å². The van der Waals surface area contributed by atoms with Crippen LogP contribution >= 0.6 is 0 Å². The molecule has 0 bridgehead atoms. The minimum Gasteiger partial charge on any atom is -0.506 e. The van der Waals surface area contributed by atoms with E-state index in [1.54, 1.807) is 12.1 Å². The van der Waals surface area contributed by atoms with Crippen LogP contribution < -0.4 is 5.32 Å². The minimum atomic E-state index is -1.07. The van der Waals surface area contributed by atoms with Crippen LogP contribution in [0.3, 0.4) is 0 Å². The van der Waals surface area contributed by atoms with Crippen LogP contribution in [0.15, 0.2) is 60.7 Å². The molecule has 0 atom stereocenters. The summed E-state index contributed by atoms with van der Waals surface area (Å²) < 4.78 is 0. The molecule has 0 saturated heterocycles. The van der Waals surface area contributed by atoms with Crippen molar-refractivity contribution >= 4 is 17.5 Å². The first kappa shape index (κ1) is 14.5. The number of aromatic carboxylic acids is 1. The summed E-state index contributed by atoms with van der Waals surface area (Å²) >= 11 is 0. The monoisotopic (exact) mass is 307 g/mol. The maximum atomic E-state index is 11.0. The summed E-state index contributed by atoms with van der Waals surface area (Å²) in [5, 5.41) is 29.8. The van der Waals surface area contributed by atoms with E-state index in [1.807, 2.05) is 30.3 Å². The molecule has 0 spiro atoms. The molecule has 0 fully saturated rings. The van der Waals surface area contributed by atoms with Crippen molar-refractivity contribution < 1.29 is 15.0 Å². The van der Waals surface area contributed by atoms with Gasteiger partial charge in [-0.1, -0.05) is 30.3 Å². The van der Waals surface area contributed by atoms with E-state index < -0.39 is 5.97 Å². The number of carboxylic acids is 1. The molecular formula is C17H13N3O3. The second kappa shape index (κ2) is 6.15. The molecule has 23 heavy (non-hydrogen) atoms. The number of aromatic nitrogens is 2. The number of phenolic OH excluding ortho intramolecular Hbond substituents is 1. The molecule has 1 aromatic heterocycles. The van der Waals surface area contributed by atoms with E-state index in [1.165, 1.54) is 18.2 Å². The van der Waals surface area contributed by atoms with Crippen LogP contribution in [0.25, 0.3) is 11.3 Å². The van der Waals surface area contributed by atoms with E-state index in [2.05, 4.69) is 15.5 Å². The zero-order valence-electron chi connectivity index (χ0n) is 12.0. The van der Waals surface area contributed by atoms with Gasteiger partial charge in [-0.3, -0.25) is 0 Å². The predicted molar refractivity (Wildman–Crippen MR) is 85.8 cm³/mol. The molecule has 3 rings (SSSR count). The lowest BCUT2D eigenvalue weighted by atomic mass is 10.1. The zero-order valence-corrected chi connectivity index (χ0v) is 12.0. The number of carboxylic acid groups (broad SMARTS) is 1. The van der Waals surface area contributed by atoms with Crippen molar-refractivity contribution in [3.63, 3.8) is 0 Å². The molecule has 0 saturated carbocycles. The number of hydrogen-bond donors (Lipinski definition) is 3. The quantitative estimate of drug-likeness (QED) is 0.640. The van der Waals surface area contributed by atoms with Crippen molar-refractivity contribution in [2.45, 2.75) is 0 Å². The first-order valence-corrected chi connectivity index (χ1v) is 6.86. The highest BCUT2D eigenvalue weighted by molar-refractivity contribution is 5.89. The standard InChI is InChI=1S/C17H13N3O3/c21-15-8-6-12(17(22)23)10-14(15)18-16-9-7-13(19-20-16)11-4-2-1-3-5-11/h1-10,21H,(H,18,20)(H,22,23). The Morgan fingerprint density at radius 1 is 0.957 bits per heavy atom. The normalized spacial score (nSPS) is 10.3. The fourth-order valence-electron chi connectivity index (χ4n) is 2.07. The Hall–Kier alpha value is -3.41. The largest absolute Gasteiger partial charge is 0.506 e. The van der Waals surface area contributed by atoms with Crippen LogP contribution in [0, 0.1) is 0 Å². The van der Waals surface area contributed by atoms with Crippen molar-refractivity contribution in [3.05, 3.63) is 66.2 Å². The van der Waals surface area contributed by atoms with Gasteiger partial charge in [0.05, 0.1) is 16.9 Å². The van der Waals surface area contributed by atoms with Crippen molar-refractivity contribution in [3.8, 4) is 17.0 Å². The lowest BCUT2D eigenvalue weighted by Crippen LogP contribution is -2.00. The molecule has 3 aromatic rings. The van der Waals surface area contributed by atoms with Gasteiger partial charge in [-0.25, -0.2) is 4.79 Å². The first-order valence-electron chi connectivity index (χ1n) is 6.86. The summed E-state index contributed by atoms with van der Waals surface area (Å²) in [6, 6.07) is 17.1. The lowest BCUT2D eigenvalue weighted by Gasteiger charge is -2.08. The van der Waals surface area contributed by atoms with Crippen molar-refractivity contribution in [1.82, 2.24) is 10.2 Å². The average Bonchev–Trinajstić information content (AvgIpc) is 2.58. The summed E-state index contributed by atoms with van der Waals surface area (Å²) in [7, 11) is 0. The molecule has 0 aliphatic rings. The van der Waals surface area contributed by atoms with Gasteiger partial charge >= 0.3 is 5.97 Å². The second-order valence-electron chi connectivity index (χ2n) is 4.83. The fourth-order valence-corrected chi connectivity index (χ4v) is 2.07. The van der Waals surface area contributed by atoms with Crippen molar-refractivity contribution in [1.29, 1.82) is 0 Å². The number of rotatable bonds is 4. The van der Waals surface area contributed by atoms with E-state index in [-0.39, 0.29) is 17.0 Å². The lowest BCUT2D eigenvalue weighted by molar-refractivity contribution is 0.0697. The Morgan fingerprint density at radius 2 is 1.74 bits per heavy atom. The third kappa shape index (κ3) is 3.26. The fraction of sp³-hybridized carbons (Fsp3) is 0. The zero-order chi connectivity index (χ0) is 16.2. The molecule has 0 aliphatic carbocycles. The highest BCUT2D eigenvalue weighted by Crippen LogP contribution is 2.27. The molecule has 6 heteroatoms. The van der Waals surface area contributed by atoms with Crippen LogP contribution in [-0.4, -0.2) is 26.4 Å². The Kier molecular flexibility index (Phi) is 3.88. The van der Waals surface area contributed by atoms with Crippen molar-refractivity contribution in [2.75, 3.05) is 5.32 Å². The summed E-state index contributed by atoms with van der Waals surface area (Å²) in [6.07, 6.45) is 0. The Balaban J connectivity index is 1.84. The number of hydrogen-bond acceptors (Lipinski definition) is 5. The van der Waals surface area contributed by atoms with Crippen LogP contribution in [-0.2, 0) is 0 Å². The molecule has 0 radical (unpaired) electrons. The van der Waals surface area contributed by atoms with Gasteiger partial charge in [0.25, 0.3) is 0 Å². The van der Waals surface area contributed by atoms with Crippen molar-refractivity contribution in [2.24, 2.45) is 0 Å². The Morgan fingerprint density at radius 3 is 2.39 bits per heavy atom.